The summed E-state index contributed by atoms with van der Waals surface area (Å²) in [5, 5.41) is 3.78. The van der Waals surface area contributed by atoms with Crippen LogP contribution < -0.4 is 5.32 Å². The fraction of sp³-hybridized carbons (Fsp3) is 0.733. The van der Waals surface area contributed by atoms with Crippen LogP contribution in [0, 0.1) is 5.92 Å². The predicted molar refractivity (Wildman–Crippen MR) is 84.9 cm³/mol. The summed E-state index contributed by atoms with van der Waals surface area (Å²) in [7, 11) is 0. The molecule has 1 aliphatic heterocycles. The average molecular weight is 284 g/mol. The lowest BCUT2D eigenvalue weighted by Gasteiger charge is -2.23. The van der Waals surface area contributed by atoms with Gasteiger partial charge in [0, 0.05) is 15.8 Å². The van der Waals surface area contributed by atoms with E-state index >= 15 is 0 Å². The summed E-state index contributed by atoms with van der Waals surface area (Å²) in [6.07, 6.45) is 5.05. The van der Waals surface area contributed by atoms with Gasteiger partial charge in [0.2, 0.25) is 0 Å². The standard InChI is InChI=1S/C15H25NS2/c1-3-8-16-15(12-7-9-17-11-12)10-14-6-5-13(4-2)18-14/h5-6,12,15-16H,3-4,7-11H2,1-2H3. The highest BCUT2D eigenvalue weighted by Gasteiger charge is 2.25. The Balaban J connectivity index is 1.94. The number of hydrogen-bond donors (Lipinski definition) is 1. The van der Waals surface area contributed by atoms with E-state index in [1.54, 1.807) is 4.88 Å². The summed E-state index contributed by atoms with van der Waals surface area (Å²) in [6, 6.07) is 5.34. The Bertz CT molecular complexity index is 342. The maximum absolute atomic E-state index is 3.78. The van der Waals surface area contributed by atoms with Crippen molar-refractivity contribution >= 4 is 23.1 Å². The highest BCUT2D eigenvalue weighted by molar-refractivity contribution is 7.99. The quantitative estimate of drug-likeness (QED) is 0.812. The second-order valence-corrected chi connectivity index (χ2v) is 7.51. The lowest BCUT2D eigenvalue weighted by atomic mass is 9.95. The Hall–Kier alpha value is 0.01000. The molecule has 3 heteroatoms. The van der Waals surface area contributed by atoms with Gasteiger partial charge in [-0.15, -0.1) is 11.3 Å². The minimum Gasteiger partial charge on any atom is -0.313 e. The van der Waals surface area contributed by atoms with Gasteiger partial charge in [0.25, 0.3) is 0 Å². The van der Waals surface area contributed by atoms with E-state index in [0.717, 1.165) is 12.5 Å². The van der Waals surface area contributed by atoms with Crippen LogP contribution in [0.5, 0.6) is 0 Å². The molecule has 2 atom stereocenters. The highest BCUT2D eigenvalue weighted by atomic mass is 32.2. The SMILES string of the molecule is CCCNC(Cc1ccc(CC)s1)C1CCSC1. The summed E-state index contributed by atoms with van der Waals surface area (Å²) >= 11 is 4.13. The Labute approximate surface area is 120 Å². The molecule has 1 aromatic heterocycles. The molecule has 1 aromatic rings. The van der Waals surface area contributed by atoms with Crippen molar-refractivity contribution in [3.8, 4) is 0 Å². The molecule has 1 N–H and O–H groups in total. The maximum Gasteiger partial charge on any atom is 0.0152 e. The Morgan fingerprint density at radius 2 is 2.17 bits per heavy atom. The number of thiophene rings is 1. The average Bonchev–Trinajstić information content (AvgIpc) is 3.05. The molecule has 2 heterocycles. The molecule has 0 aliphatic carbocycles. The molecule has 0 radical (unpaired) electrons. The molecule has 1 nitrogen and oxygen atoms in total. The third-order valence-corrected chi connectivity index (χ3v) is 6.12. The fourth-order valence-corrected chi connectivity index (χ4v) is 4.90. The third-order valence-electron chi connectivity index (χ3n) is 3.68. The van der Waals surface area contributed by atoms with Gasteiger partial charge in [-0.2, -0.15) is 11.8 Å². The van der Waals surface area contributed by atoms with E-state index in [-0.39, 0.29) is 0 Å². The van der Waals surface area contributed by atoms with Crippen molar-refractivity contribution < 1.29 is 0 Å². The highest BCUT2D eigenvalue weighted by Crippen LogP contribution is 2.29. The van der Waals surface area contributed by atoms with Crippen molar-refractivity contribution in [1.29, 1.82) is 0 Å². The van der Waals surface area contributed by atoms with Gasteiger partial charge in [-0.05, 0) is 61.8 Å². The summed E-state index contributed by atoms with van der Waals surface area (Å²) in [5.74, 6) is 3.60. The van der Waals surface area contributed by atoms with Gasteiger partial charge < -0.3 is 5.32 Å². The van der Waals surface area contributed by atoms with Gasteiger partial charge >= 0.3 is 0 Å². The van der Waals surface area contributed by atoms with E-state index < -0.39 is 0 Å². The van der Waals surface area contributed by atoms with Crippen molar-refractivity contribution in [3.63, 3.8) is 0 Å². The summed E-state index contributed by atoms with van der Waals surface area (Å²) < 4.78 is 0. The van der Waals surface area contributed by atoms with Crippen molar-refractivity contribution in [2.45, 2.75) is 45.6 Å². The minimum absolute atomic E-state index is 0.698. The Kier molecular flexibility index (Phi) is 6.06. The van der Waals surface area contributed by atoms with Crippen LogP contribution in [-0.2, 0) is 12.8 Å². The van der Waals surface area contributed by atoms with Gasteiger partial charge in [-0.1, -0.05) is 13.8 Å². The summed E-state index contributed by atoms with van der Waals surface area (Å²) in [4.78, 5) is 3.09. The molecule has 0 aromatic carbocycles. The van der Waals surface area contributed by atoms with Crippen LogP contribution in [0.4, 0.5) is 0 Å². The van der Waals surface area contributed by atoms with Crippen LogP contribution in [0.15, 0.2) is 12.1 Å². The Morgan fingerprint density at radius 1 is 1.33 bits per heavy atom. The van der Waals surface area contributed by atoms with E-state index in [1.807, 2.05) is 11.3 Å². The first kappa shape index (κ1) is 14.4. The van der Waals surface area contributed by atoms with Crippen LogP contribution in [0.25, 0.3) is 0 Å². The first-order chi connectivity index (χ1) is 8.83. The molecule has 1 aliphatic rings. The predicted octanol–water partition coefficient (Wildman–Crippen LogP) is 3.97. The second-order valence-electron chi connectivity index (χ2n) is 5.11. The van der Waals surface area contributed by atoms with Crippen molar-refractivity contribution in [1.82, 2.24) is 5.32 Å². The summed E-state index contributed by atoms with van der Waals surface area (Å²) in [5.41, 5.74) is 0. The van der Waals surface area contributed by atoms with Gasteiger partial charge in [0.1, 0.15) is 0 Å². The maximum atomic E-state index is 3.78. The smallest absolute Gasteiger partial charge is 0.0152 e. The van der Waals surface area contributed by atoms with Gasteiger partial charge in [0.15, 0.2) is 0 Å². The van der Waals surface area contributed by atoms with Crippen molar-refractivity contribution in [2.75, 3.05) is 18.1 Å². The lowest BCUT2D eigenvalue weighted by molar-refractivity contribution is 0.382. The van der Waals surface area contributed by atoms with Gasteiger partial charge in [-0.3, -0.25) is 0 Å². The minimum atomic E-state index is 0.698. The zero-order valence-electron chi connectivity index (χ0n) is 11.6. The largest absolute Gasteiger partial charge is 0.313 e. The first-order valence-corrected chi connectivity index (χ1v) is 9.19. The number of thioether (sulfide) groups is 1. The second kappa shape index (κ2) is 7.56. The van der Waals surface area contributed by atoms with Crippen LogP contribution in [0.3, 0.4) is 0 Å². The molecule has 2 unspecified atom stereocenters. The van der Waals surface area contributed by atoms with Crippen molar-refractivity contribution in [2.24, 2.45) is 5.92 Å². The van der Waals surface area contributed by atoms with Crippen LogP contribution >= 0.6 is 23.1 Å². The lowest BCUT2D eigenvalue weighted by Crippen LogP contribution is -2.38. The number of aryl methyl sites for hydroxylation is 1. The topological polar surface area (TPSA) is 12.0 Å². The van der Waals surface area contributed by atoms with E-state index in [1.165, 1.54) is 42.1 Å². The molecular formula is C15H25NS2. The van der Waals surface area contributed by atoms with Crippen molar-refractivity contribution in [3.05, 3.63) is 21.9 Å². The molecule has 1 fully saturated rings. The molecule has 0 saturated carbocycles. The monoisotopic (exact) mass is 283 g/mol. The third kappa shape index (κ3) is 4.01. The molecule has 102 valence electrons. The van der Waals surface area contributed by atoms with Crippen LogP contribution in [0.1, 0.15) is 36.4 Å². The fourth-order valence-electron chi connectivity index (χ4n) is 2.54. The van der Waals surface area contributed by atoms with E-state index in [9.17, 15) is 0 Å². The van der Waals surface area contributed by atoms with Crippen LogP contribution in [0.2, 0.25) is 0 Å². The number of hydrogen-bond acceptors (Lipinski definition) is 3. The molecule has 18 heavy (non-hydrogen) atoms. The number of rotatable bonds is 7. The molecule has 2 rings (SSSR count). The molecule has 0 bridgehead atoms. The zero-order valence-corrected chi connectivity index (χ0v) is 13.2. The van der Waals surface area contributed by atoms with E-state index in [0.29, 0.717) is 6.04 Å². The van der Waals surface area contributed by atoms with E-state index in [2.05, 4.69) is 43.1 Å². The number of nitrogens with one attached hydrogen (secondary N) is 1. The van der Waals surface area contributed by atoms with E-state index in [4.69, 9.17) is 0 Å². The van der Waals surface area contributed by atoms with Gasteiger partial charge in [-0.25, -0.2) is 0 Å². The normalized spacial score (nSPS) is 21.3. The molecule has 0 spiro atoms. The molecule has 1 saturated heterocycles. The first-order valence-electron chi connectivity index (χ1n) is 7.22. The Morgan fingerprint density at radius 3 is 2.78 bits per heavy atom. The zero-order chi connectivity index (χ0) is 12.8. The van der Waals surface area contributed by atoms with Crippen LogP contribution in [-0.4, -0.2) is 24.1 Å². The van der Waals surface area contributed by atoms with Gasteiger partial charge in [0.05, 0.1) is 0 Å². The molecular weight excluding hydrogens is 258 g/mol. The molecule has 0 amide bonds. The summed E-state index contributed by atoms with van der Waals surface area (Å²) in [6.45, 7) is 5.67.